The van der Waals surface area contributed by atoms with Crippen LogP contribution in [0.15, 0.2) is 24.8 Å². The second kappa shape index (κ2) is 6.34. The maximum absolute atomic E-state index is 6.19. The summed E-state index contributed by atoms with van der Waals surface area (Å²) in [7, 11) is 0. The minimum Gasteiger partial charge on any atom is -0.393 e. The van der Waals surface area contributed by atoms with E-state index in [0.717, 1.165) is 11.7 Å². The molecular formula is C14H20N6S. The highest BCUT2D eigenvalue weighted by Crippen LogP contribution is 2.32. The predicted octanol–water partition coefficient (Wildman–Crippen LogP) is 2.33. The lowest BCUT2D eigenvalue weighted by molar-refractivity contribution is 0.750. The highest BCUT2D eigenvalue weighted by molar-refractivity contribution is 7.99. The Morgan fingerprint density at radius 1 is 1.43 bits per heavy atom. The number of thioether (sulfide) groups is 1. The van der Waals surface area contributed by atoms with Crippen molar-refractivity contribution in [2.75, 3.05) is 16.8 Å². The maximum Gasteiger partial charge on any atom is 0.181 e. The summed E-state index contributed by atoms with van der Waals surface area (Å²) in [4.78, 5) is 8.51. The van der Waals surface area contributed by atoms with E-state index >= 15 is 0 Å². The lowest BCUT2D eigenvalue weighted by Crippen LogP contribution is -2.19. The highest BCUT2D eigenvalue weighted by Gasteiger charge is 2.25. The van der Waals surface area contributed by atoms with E-state index in [0.29, 0.717) is 23.4 Å². The molecule has 3 rings (SSSR count). The molecule has 1 aliphatic carbocycles. The van der Waals surface area contributed by atoms with Gasteiger partial charge >= 0.3 is 0 Å². The third-order valence-electron chi connectivity index (χ3n) is 3.71. The molecule has 0 aromatic carbocycles. The number of nitrogens with two attached hydrogens (primary N) is 1. The summed E-state index contributed by atoms with van der Waals surface area (Å²) in [5.74, 6) is 2.51. The van der Waals surface area contributed by atoms with Gasteiger partial charge in [0.05, 0.1) is 0 Å². The van der Waals surface area contributed by atoms with Crippen molar-refractivity contribution in [2.24, 2.45) is 0 Å². The first-order valence-electron chi connectivity index (χ1n) is 7.26. The van der Waals surface area contributed by atoms with Crippen molar-refractivity contribution < 1.29 is 0 Å². The van der Waals surface area contributed by atoms with E-state index in [4.69, 9.17) is 5.73 Å². The smallest absolute Gasteiger partial charge is 0.181 e. The van der Waals surface area contributed by atoms with Crippen LogP contribution in [-0.4, -0.2) is 36.8 Å². The van der Waals surface area contributed by atoms with Crippen LogP contribution in [-0.2, 0) is 0 Å². The number of aromatic nitrogens is 4. The van der Waals surface area contributed by atoms with E-state index in [1.807, 2.05) is 24.0 Å². The van der Waals surface area contributed by atoms with E-state index in [1.165, 1.54) is 24.9 Å². The van der Waals surface area contributed by atoms with Gasteiger partial charge in [0, 0.05) is 23.7 Å². The van der Waals surface area contributed by atoms with Crippen LogP contribution in [0.4, 0.5) is 11.5 Å². The van der Waals surface area contributed by atoms with Crippen LogP contribution in [0.5, 0.6) is 0 Å². The van der Waals surface area contributed by atoms with Crippen molar-refractivity contribution in [1.29, 1.82) is 0 Å². The number of anilines is 2. The van der Waals surface area contributed by atoms with Crippen LogP contribution >= 0.6 is 11.8 Å². The molecule has 2 aromatic heterocycles. The van der Waals surface area contributed by atoms with E-state index in [2.05, 4.69) is 27.3 Å². The molecule has 2 aromatic rings. The summed E-state index contributed by atoms with van der Waals surface area (Å²) in [5, 5.41) is 8.39. The summed E-state index contributed by atoms with van der Waals surface area (Å²) >= 11 is 2.04. The molecule has 2 atom stereocenters. The number of nitrogens with one attached hydrogen (secondary N) is 1. The Morgan fingerprint density at radius 3 is 3.10 bits per heavy atom. The normalized spacial score (nSPS) is 21.6. The molecule has 7 heteroatoms. The molecule has 0 unspecified atom stereocenters. The number of hydrogen-bond donors (Lipinski definition) is 2. The van der Waals surface area contributed by atoms with Crippen LogP contribution in [0.25, 0.3) is 5.82 Å². The number of hydrogen-bond acceptors (Lipinski definition) is 6. The molecule has 2 heterocycles. The first-order valence-corrected chi connectivity index (χ1v) is 8.31. The van der Waals surface area contributed by atoms with Crippen LogP contribution in [0.2, 0.25) is 0 Å². The predicted molar refractivity (Wildman–Crippen MR) is 86.7 cm³/mol. The van der Waals surface area contributed by atoms with Gasteiger partial charge in [-0.1, -0.05) is 6.92 Å². The van der Waals surface area contributed by atoms with Crippen LogP contribution in [0.3, 0.4) is 0 Å². The summed E-state index contributed by atoms with van der Waals surface area (Å²) in [6.45, 7) is 2.21. The summed E-state index contributed by atoms with van der Waals surface area (Å²) < 4.78 is 1.66. The maximum atomic E-state index is 6.19. The molecule has 0 aliphatic heterocycles. The molecule has 0 radical (unpaired) electrons. The standard InChI is InChI=1S/C14H20N6S/c1-2-21-11-5-4-10(8-11)19-13-12(15)14(17-9-16-13)20-7-3-6-18-20/h3,6-7,9-11H,2,4-5,8,15H2,1H3,(H,16,17,19)/t10-,11+/m1/s1. The Hall–Kier alpha value is -1.76. The zero-order valence-electron chi connectivity index (χ0n) is 12.1. The van der Waals surface area contributed by atoms with Crippen molar-refractivity contribution in [3.05, 3.63) is 24.8 Å². The van der Waals surface area contributed by atoms with Gasteiger partial charge in [0.25, 0.3) is 0 Å². The van der Waals surface area contributed by atoms with Crippen molar-refractivity contribution >= 4 is 23.3 Å². The fourth-order valence-corrected chi connectivity index (χ4v) is 3.87. The lowest BCUT2D eigenvalue weighted by atomic mass is 10.2. The van der Waals surface area contributed by atoms with Crippen molar-refractivity contribution in [3.63, 3.8) is 0 Å². The van der Waals surface area contributed by atoms with E-state index in [1.54, 1.807) is 10.9 Å². The number of nitrogen functional groups attached to an aromatic ring is 1. The van der Waals surface area contributed by atoms with Gasteiger partial charge in [-0.2, -0.15) is 16.9 Å². The fourth-order valence-electron chi connectivity index (χ4n) is 2.73. The van der Waals surface area contributed by atoms with E-state index < -0.39 is 0 Å². The summed E-state index contributed by atoms with van der Waals surface area (Å²) in [6, 6.07) is 2.29. The second-order valence-electron chi connectivity index (χ2n) is 5.14. The largest absolute Gasteiger partial charge is 0.393 e. The number of nitrogens with zero attached hydrogens (tertiary/aromatic N) is 4. The zero-order chi connectivity index (χ0) is 14.7. The van der Waals surface area contributed by atoms with Gasteiger partial charge in [-0.3, -0.25) is 0 Å². The molecule has 0 spiro atoms. The summed E-state index contributed by atoms with van der Waals surface area (Å²) in [5.41, 5.74) is 6.74. The Morgan fingerprint density at radius 2 is 2.33 bits per heavy atom. The first kappa shape index (κ1) is 14.2. The SMILES string of the molecule is CCS[C@H]1CC[C@@H](Nc2ncnc(-n3cccn3)c2N)C1. The lowest BCUT2D eigenvalue weighted by Gasteiger charge is -2.16. The average Bonchev–Trinajstić information content (AvgIpc) is 3.13. The zero-order valence-corrected chi connectivity index (χ0v) is 12.9. The van der Waals surface area contributed by atoms with Gasteiger partial charge in [0.1, 0.15) is 12.0 Å². The molecule has 112 valence electrons. The minimum absolute atomic E-state index is 0.441. The monoisotopic (exact) mass is 304 g/mol. The Labute approximate surface area is 128 Å². The van der Waals surface area contributed by atoms with Crippen LogP contribution in [0.1, 0.15) is 26.2 Å². The molecule has 21 heavy (non-hydrogen) atoms. The quantitative estimate of drug-likeness (QED) is 0.882. The molecule has 6 nitrogen and oxygen atoms in total. The molecule has 1 aliphatic rings. The molecule has 1 saturated carbocycles. The molecule has 1 fully saturated rings. The topological polar surface area (TPSA) is 81.7 Å². The van der Waals surface area contributed by atoms with Gasteiger partial charge in [0.2, 0.25) is 0 Å². The third-order valence-corrected chi connectivity index (χ3v) is 4.94. The molecule has 0 bridgehead atoms. The van der Waals surface area contributed by atoms with Crippen molar-refractivity contribution in [3.8, 4) is 5.82 Å². The minimum atomic E-state index is 0.441. The number of rotatable bonds is 5. The fraction of sp³-hybridized carbons (Fsp3) is 0.500. The Bertz CT molecular complexity index is 585. The molecule has 3 N–H and O–H groups in total. The van der Waals surface area contributed by atoms with Gasteiger partial charge in [-0.15, -0.1) is 0 Å². The van der Waals surface area contributed by atoms with Crippen molar-refractivity contribution in [1.82, 2.24) is 19.7 Å². The van der Waals surface area contributed by atoms with Crippen molar-refractivity contribution in [2.45, 2.75) is 37.5 Å². The average molecular weight is 304 g/mol. The van der Waals surface area contributed by atoms with Gasteiger partial charge < -0.3 is 11.1 Å². The third kappa shape index (κ3) is 3.12. The highest BCUT2D eigenvalue weighted by atomic mass is 32.2. The Balaban J connectivity index is 1.73. The van der Waals surface area contributed by atoms with Crippen LogP contribution < -0.4 is 11.1 Å². The van der Waals surface area contributed by atoms with Gasteiger partial charge in [-0.05, 0) is 31.1 Å². The van der Waals surface area contributed by atoms with E-state index in [-0.39, 0.29) is 0 Å². The van der Waals surface area contributed by atoms with Gasteiger partial charge in [-0.25, -0.2) is 14.6 Å². The molecular weight excluding hydrogens is 284 g/mol. The summed E-state index contributed by atoms with van der Waals surface area (Å²) in [6.07, 6.45) is 8.65. The van der Waals surface area contributed by atoms with Crippen LogP contribution in [0, 0.1) is 0 Å². The first-order chi connectivity index (χ1) is 10.3. The molecule has 0 amide bonds. The van der Waals surface area contributed by atoms with E-state index in [9.17, 15) is 0 Å². The second-order valence-corrected chi connectivity index (χ2v) is 6.72. The Kier molecular flexibility index (Phi) is 4.28. The van der Waals surface area contributed by atoms with Gasteiger partial charge in [0.15, 0.2) is 11.6 Å². The molecule has 0 saturated heterocycles.